The van der Waals surface area contributed by atoms with E-state index in [-0.39, 0.29) is 17.6 Å². The number of aryl methyl sites for hydroxylation is 1. The lowest BCUT2D eigenvalue weighted by molar-refractivity contribution is -0.136. The summed E-state index contributed by atoms with van der Waals surface area (Å²) in [4.78, 5) is 11.1. The molecule has 118 valence electrons. The van der Waals surface area contributed by atoms with Gasteiger partial charge >= 0.3 is 5.97 Å². The molecule has 0 saturated carbocycles. The number of carboxylic acid groups (broad SMARTS) is 1. The Morgan fingerprint density at radius 3 is 2.91 bits per heavy atom. The topological polar surface area (TPSA) is 90.9 Å². The second kappa shape index (κ2) is 6.11. The molecule has 0 fully saturated rings. The largest absolute Gasteiger partial charge is 0.481 e. The normalized spacial score (nSPS) is 10.9. The van der Waals surface area contributed by atoms with Crippen LogP contribution in [0.15, 0.2) is 24.3 Å². The number of rotatable bonds is 4. The van der Waals surface area contributed by atoms with Gasteiger partial charge in [-0.3, -0.25) is 9.89 Å². The molecule has 0 unspecified atom stereocenters. The van der Waals surface area contributed by atoms with Gasteiger partial charge in [-0.25, -0.2) is 4.39 Å². The van der Waals surface area contributed by atoms with Crippen LogP contribution < -0.4 is 5.32 Å². The van der Waals surface area contributed by atoms with Gasteiger partial charge in [0.05, 0.1) is 12.1 Å². The fraction of sp³-hybridized carbons (Fsp3) is 0.133. The highest BCUT2D eigenvalue weighted by molar-refractivity contribution is 14.1. The van der Waals surface area contributed by atoms with Crippen LogP contribution in [0.1, 0.15) is 11.1 Å². The van der Waals surface area contributed by atoms with E-state index in [1.54, 1.807) is 0 Å². The first-order valence-electron chi connectivity index (χ1n) is 6.73. The van der Waals surface area contributed by atoms with Crippen molar-refractivity contribution in [1.82, 2.24) is 15.4 Å². The zero-order valence-corrected chi connectivity index (χ0v) is 14.2. The maximum absolute atomic E-state index is 14.7. The molecule has 0 aliphatic carbocycles. The predicted molar refractivity (Wildman–Crippen MR) is 92.4 cm³/mol. The molecular weight excluding hydrogens is 414 g/mol. The maximum Gasteiger partial charge on any atom is 0.307 e. The van der Waals surface area contributed by atoms with Crippen LogP contribution in [-0.2, 0) is 11.2 Å². The molecule has 0 atom stereocenters. The molecule has 0 radical (unpaired) electrons. The lowest BCUT2D eigenvalue weighted by atomic mass is 10.1. The summed E-state index contributed by atoms with van der Waals surface area (Å²) < 4.78 is 15.8. The molecule has 0 spiro atoms. The number of carboxylic acids is 1. The van der Waals surface area contributed by atoms with Crippen molar-refractivity contribution in [2.24, 2.45) is 0 Å². The van der Waals surface area contributed by atoms with E-state index in [4.69, 9.17) is 5.11 Å². The first-order valence-corrected chi connectivity index (χ1v) is 7.80. The highest BCUT2D eigenvalue weighted by atomic mass is 127. The van der Waals surface area contributed by atoms with E-state index in [0.717, 1.165) is 9.13 Å². The average Bonchev–Trinajstić information content (AvgIpc) is 2.93. The standard InChI is InChI=1S/C15H12FIN4O2/c1-7-4-9(17)2-3-10(7)18-14-8(6-12(22)23)5-11-15(13(14)16)20-21-19-11/h2-5,18H,6H2,1H3,(H,22,23)(H,19,20,21). The highest BCUT2D eigenvalue weighted by Gasteiger charge is 2.18. The number of carbonyl (C=O) groups is 1. The summed E-state index contributed by atoms with van der Waals surface area (Å²) in [6.07, 6.45) is -0.314. The van der Waals surface area contributed by atoms with Gasteiger partial charge < -0.3 is 10.4 Å². The van der Waals surface area contributed by atoms with Crippen LogP contribution in [0.4, 0.5) is 15.8 Å². The molecule has 3 rings (SSSR count). The van der Waals surface area contributed by atoms with Crippen molar-refractivity contribution in [1.29, 1.82) is 0 Å². The van der Waals surface area contributed by atoms with Crippen LogP contribution in [-0.4, -0.2) is 26.5 Å². The van der Waals surface area contributed by atoms with Gasteiger partial charge in [-0.05, 0) is 64.9 Å². The molecular formula is C15H12FIN4O2. The summed E-state index contributed by atoms with van der Waals surface area (Å²) in [6, 6.07) is 7.20. The number of anilines is 2. The molecule has 0 amide bonds. The first-order chi connectivity index (χ1) is 11.0. The second-order valence-corrected chi connectivity index (χ2v) is 6.33. The van der Waals surface area contributed by atoms with Crippen molar-refractivity contribution in [3.63, 3.8) is 0 Å². The Balaban J connectivity index is 2.13. The summed E-state index contributed by atoms with van der Waals surface area (Å²) in [7, 11) is 0. The third-order valence-electron chi connectivity index (χ3n) is 3.44. The molecule has 1 aromatic heterocycles. The van der Waals surface area contributed by atoms with Gasteiger partial charge in [0.25, 0.3) is 0 Å². The van der Waals surface area contributed by atoms with Crippen molar-refractivity contribution in [3.8, 4) is 0 Å². The maximum atomic E-state index is 14.7. The summed E-state index contributed by atoms with van der Waals surface area (Å²) in [5.74, 6) is -1.64. The monoisotopic (exact) mass is 426 g/mol. The lowest BCUT2D eigenvalue weighted by Gasteiger charge is -2.14. The minimum atomic E-state index is -1.05. The Bertz CT molecular complexity index is 910. The zero-order valence-electron chi connectivity index (χ0n) is 12.0. The molecule has 0 saturated heterocycles. The van der Waals surface area contributed by atoms with Crippen LogP contribution in [0.2, 0.25) is 0 Å². The van der Waals surface area contributed by atoms with Gasteiger partial charge in [0.15, 0.2) is 5.82 Å². The molecule has 2 aromatic carbocycles. The quantitative estimate of drug-likeness (QED) is 0.557. The second-order valence-electron chi connectivity index (χ2n) is 5.09. The molecule has 0 aliphatic heterocycles. The molecule has 6 nitrogen and oxygen atoms in total. The number of aromatic nitrogens is 3. The number of nitrogens with zero attached hydrogens (tertiary/aromatic N) is 2. The fourth-order valence-electron chi connectivity index (χ4n) is 2.34. The minimum absolute atomic E-state index is 0.121. The minimum Gasteiger partial charge on any atom is -0.481 e. The van der Waals surface area contributed by atoms with E-state index in [0.29, 0.717) is 16.8 Å². The van der Waals surface area contributed by atoms with Crippen molar-refractivity contribution in [3.05, 3.63) is 44.8 Å². The Morgan fingerprint density at radius 1 is 1.43 bits per heavy atom. The Morgan fingerprint density at radius 2 is 2.22 bits per heavy atom. The first kappa shape index (κ1) is 15.7. The third kappa shape index (κ3) is 3.11. The van der Waals surface area contributed by atoms with E-state index in [2.05, 4.69) is 43.3 Å². The van der Waals surface area contributed by atoms with Crippen molar-refractivity contribution in [2.75, 3.05) is 5.32 Å². The summed E-state index contributed by atoms with van der Waals surface area (Å²) in [5.41, 5.74) is 2.52. The molecule has 0 aliphatic rings. The number of benzene rings is 2. The lowest BCUT2D eigenvalue weighted by Crippen LogP contribution is -2.07. The number of nitrogens with one attached hydrogen (secondary N) is 2. The van der Waals surface area contributed by atoms with E-state index in [1.165, 1.54) is 6.07 Å². The summed E-state index contributed by atoms with van der Waals surface area (Å²) in [5, 5.41) is 21.9. The molecule has 1 heterocycles. The van der Waals surface area contributed by atoms with E-state index in [1.807, 2.05) is 25.1 Å². The Hall–Kier alpha value is -2.23. The van der Waals surface area contributed by atoms with Gasteiger partial charge in [-0.2, -0.15) is 0 Å². The smallest absolute Gasteiger partial charge is 0.307 e. The molecule has 3 aromatic rings. The number of aromatic amines is 1. The van der Waals surface area contributed by atoms with Gasteiger partial charge in [0, 0.05) is 9.26 Å². The summed E-state index contributed by atoms with van der Waals surface area (Å²) in [6.45, 7) is 1.90. The van der Waals surface area contributed by atoms with Gasteiger partial charge in [-0.1, -0.05) is 5.21 Å². The molecule has 3 N–H and O–H groups in total. The molecule has 23 heavy (non-hydrogen) atoms. The van der Waals surface area contributed by atoms with Gasteiger partial charge in [0.1, 0.15) is 11.0 Å². The predicted octanol–water partition coefficient (Wildman–Crippen LogP) is 3.38. The number of hydrogen-bond acceptors (Lipinski definition) is 4. The van der Waals surface area contributed by atoms with Crippen LogP contribution >= 0.6 is 22.6 Å². The average molecular weight is 426 g/mol. The SMILES string of the molecule is Cc1cc(I)ccc1Nc1c(CC(=O)O)cc2nn[nH]c2c1F. The van der Waals surface area contributed by atoms with E-state index in [9.17, 15) is 9.18 Å². The Labute approximate surface area is 144 Å². The number of H-pyrrole nitrogens is 1. The van der Waals surface area contributed by atoms with Crippen LogP contribution in [0.25, 0.3) is 11.0 Å². The third-order valence-corrected chi connectivity index (χ3v) is 4.11. The van der Waals surface area contributed by atoms with Gasteiger partial charge in [-0.15, -0.1) is 5.10 Å². The van der Waals surface area contributed by atoms with Crippen molar-refractivity contribution in [2.45, 2.75) is 13.3 Å². The number of halogens is 2. The van der Waals surface area contributed by atoms with Gasteiger partial charge in [0.2, 0.25) is 0 Å². The van der Waals surface area contributed by atoms with E-state index < -0.39 is 11.8 Å². The fourth-order valence-corrected chi connectivity index (χ4v) is 2.99. The number of aliphatic carboxylic acids is 1. The van der Waals surface area contributed by atoms with Crippen LogP contribution in [0.3, 0.4) is 0 Å². The van der Waals surface area contributed by atoms with Crippen LogP contribution in [0.5, 0.6) is 0 Å². The van der Waals surface area contributed by atoms with E-state index >= 15 is 0 Å². The Kier molecular flexibility index (Phi) is 4.16. The number of fused-ring (bicyclic) bond motifs is 1. The zero-order chi connectivity index (χ0) is 16.6. The summed E-state index contributed by atoms with van der Waals surface area (Å²) >= 11 is 2.19. The number of hydrogen-bond donors (Lipinski definition) is 3. The highest BCUT2D eigenvalue weighted by Crippen LogP contribution is 2.31. The van der Waals surface area contributed by atoms with Crippen molar-refractivity contribution >= 4 is 51.0 Å². The molecule has 0 bridgehead atoms. The van der Waals surface area contributed by atoms with Crippen LogP contribution in [0, 0.1) is 16.3 Å². The molecule has 8 heteroatoms. The van der Waals surface area contributed by atoms with Crippen molar-refractivity contribution < 1.29 is 14.3 Å².